The Kier molecular flexibility index (Phi) is 7.38. The van der Waals surface area contributed by atoms with E-state index in [9.17, 15) is 9.90 Å². The fraction of sp³-hybridized carbons (Fsp3) is 0.321. The lowest BCUT2D eigenvalue weighted by Gasteiger charge is -2.18. The van der Waals surface area contributed by atoms with Gasteiger partial charge in [0.05, 0.1) is 20.8 Å². The Bertz CT molecular complexity index is 1100. The van der Waals surface area contributed by atoms with Gasteiger partial charge in [0.25, 0.3) is 0 Å². The van der Waals surface area contributed by atoms with E-state index in [0.29, 0.717) is 19.0 Å². The molecule has 0 radical (unpaired) electrons. The van der Waals surface area contributed by atoms with Crippen LogP contribution in [0.4, 0.5) is 0 Å². The number of hydrogen-bond acceptors (Lipinski definition) is 5. The summed E-state index contributed by atoms with van der Waals surface area (Å²) in [5.74, 6) is 1.50. The summed E-state index contributed by atoms with van der Waals surface area (Å²) < 4.78 is 22.9. The third kappa shape index (κ3) is 4.59. The zero-order valence-corrected chi connectivity index (χ0v) is 19.7. The van der Waals surface area contributed by atoms with Crippen LogP contribution in [-0.4, -0.2) is 44.6 Å². The topological polar surface area (TPSA) is 74.2 Å². The Balaban J connectivity index is 1.56. The minimum atomic E-state index is -0.973. The van der Waals surface area contributed by atoms with Crippen molar-refractivity contribution in [3.63, 3.8) is 0 Å². The van der Waals surface area contributed by atoms with Gasteiger partial charge in [-0.2, -0.15) is 0 Å². The summed E-state index contributed by atoms with van der Waals surface area (Å²) in [5.41, 5.74) is 5.35. The van der Waals surface area contributed by atoms with Crippen LogP contribution in [0.2, 0.25) is 0 Å². The first-order valence-electron chi connectivity index (χ1n) is 11.5. The molecule has 0 saturated carbocycles. The highest BCUT2D eigenvalue weighted by Gasteiger charge is 2.33. The van der Waals surface area contributed by atoms with Crippen LogP contribution < -0.4 is 14.2 Å². The Morgan fingerprint density at radius 1 is 0.882 bits per heavy atom. The first-order valence-corrected chi connectivity index (χ1v) is 11.5. The molecule has 6 nitrogen and oxygen atoms in total. The van der Waals surface area contributed by atoms with E-state index in [1.807, 2.05) is 48.5 Å². The van der Waals surface area contributed by atoms with Crippen molar-refractivity contribution in [2.45, 2.75) is 31.8 Å². The van der Waals surface area contributed by atoms with E-state index in [4.69, 9.17) is 18.9 Å². The Morgan fingerprint density at radius 3 is 2.03 bits per heavy atom. The lowest BCUT2D eigenvalue weighted by Crippen LogP contribution is -2.26. The first kappa shape index (κ1) is 23.6. The number of methoxy groups -OCH3 is 2. The van der Waals surface area contributed by atoms with Gasteiger partial charge in [0.1, 0.15) is 17.2 Å². The fourth-order valence-electron chi connectivity index (χ4n) is 4.75. The maximum Gasteiger partial charge on any atom is 0.333 e. The highest BCUT2D eigenvalue weighted by Crippen LogP contribution is 2.53. The van der Waals surface area contributed by atoms with Crippen LogP contribution in [0.25, 0.3) is 11.1 Å². The highest BCUT2D eigenvalue weighted by molar-refractivity contribution is 5.87. The summed E-state index contributed by atoms with van der Waals surface area (Å²) >= 11 is 0. The van der Waals surface area contributed by atoms with Crippen LogP contribution in [0.15, 0.2) is 60.7 Å². The van der Waals surface area contributed by atoms with Crippen molar-refractivity contribution in [2.75, 3.05) is 27.4 Å². The molecule has 0 heterocycles. The molecule has 6 heteroatoms. The Morgan fingerprint density at radius 2 is 1.47 bits per heavy atom. The van der Waals surface area contributed by atoms with E-state index >= 15 is 0 Å². The molecule has 1 aliphatic rings. The number of rotatable bonds is 11. The second-order valence-corrected chi connectivity index (χ2v) is 8.13. The summed E-state index contributed by atoms with van der Waals surface area (Å²) in [6.45, 7) is 2.61. The van der Waals surface area contributed by atoms with Crippen LogP contribution >= 0.6 is 0 Å². The molecule has 0 saturated heterocycles. The van der Waals surface area contributed by atoms with Gasteiger partial charge < -0.3 is 24.1 Å². The molecule has 1 unspecified atom stereocenters. The molecular formula is C28H30O6. The number of hydrogen-bond donors (Lipinski definition) is 1. The molecule has 0 aromatic heterocycles. The zero-order valence-electron chi connectivity index (χ0n) is 19.7. The smallest absolute Gasteiger partial charge is 0.333 e. The van der Waals surface area contributed by atoms with Crippen LogP contribution in [0, 0.1) is 0 Å². The lowest BCUT2D eigenvalue weighted by molar-refractivity contribution is -0.149. The van der Waals surface area contributed by atoms with E-state index in [0.717, 1.165) is 34.6 Å². The van der Waals surface area contributed by atoms with Gasteiger partial charge in [-0.05, 0) is 48.2 Å². The summed E-state index contributed by atoms with van der Waals surface area (Å²) in [7, 11) is 3.37. The van der Waals surface area contributed by atoms with E-state index in [1.54, 1.807) is 21.1 Å². The normalized spacial score (nSPS) is 13.1. The number of ether oxygens (including phenoxy) is 4. The van der Waals surface area contributed by atoms with Crippen LogP contribution in [0.3, 0.4) is 0 Å². The third-order valence-electron chi connectivity index (χ3n) is 6.24. The minimum absolute atomic E-state index is 0.137. The van der Waals surface area contributed by atoms with E-state index < -0.39 is 12.1 Å². The minimum Gasteiger partial charge on any atom is -0.496 e. The van der Waals surface area contributed by atoms with Crippen molar-refractivity contribution in [1.29, 1.82) is 0 Å². The molecule has 0 fully saturated rings. The van der Waals surface area contributed by atoms with Gasteiger partial charge in [-0.1, -0.05) is 42.5 Å². The molecule has 3 aromatic rings. The van der Waals surface area contributed by atoms with Gasteiger partial charge in [0, 0.05) is 30.1 Å². The average Bonchev–Trinajstić information content (AvgIpc) is 3.18. The standard InChI is InChI=1S/C28H30O6/c1-4-33-25(28(29)30)17-18-9-5-6-12-22(18)34-16-15-19-20-10-7-13-23(31-2)26(20)27-21(19)11-8-14-24(27)32-3/h5-14,19,25H,4,15-17H2,1-3H3,(H,29,30). The van der Waals surface area contributed by atoms with Gasteiger partial charge >= 0.3 is 5.97 Å². The lowest BCUT2D eigenvalue weighted by atomic mass is 9.94. The fourth-order valence-corrected chi connectivity index (χ4v) is 4.75. The second kappa shape index (κ2) is 10.6. The molecule has 0 bridgehead atoms. The highest BCUT2D eigenvalue weighted by atomic mass is 16.5. The summed E-state index contributed by atoms with van der Waals surface area (Å²) in [6, 6.07) is 19.8. The van der Waals surface area contributed by atoms with Crippen molar-refractivity contribution in [2.24, 2.45) is 0 Å². The molecular weight excluding hydrogens is 432 g/mol. The zero-order chi connectivity index (χ0) is 24.1. The molecule has 1 atom stereocenters. The molecule has 0 spiro atoms. The van der Waals surface area contributed by atoms with Gasteiger partial charge in [-0.3, -0.25) is 0 Å². The van der Waals surface area contributed by atoms with Crippen molar-refractivity contribution >= 4 is 5.97 Å². The summed E-state index contributed by atoms with van der Waals surface area (Å²) in [5, 5.41) is 9.46. The molecule has 34 heavy (non-hydrogen) atoms. The van der Waals surface area contributed by atoms with Gasteiger partial charge in [-0.15, -0.1) is 0 Å². The van der Waals surface area contributed by atoms with E-state index in [2.05, 4.69) is 12.1 Å². The van der Waals surface area contributed by atoms with Gasteiger partial charge in [0.2, 0.25) is 0 Å². The Hall–Kier alpha value is -3.51. The molecule has 4 rings (SSSR count). The maximum atomic E-state index is 11.5. The largest absolute Gasteiger partial charge is 0.496 e. The SMILES string of the molecule is CCOC(Cc1ccccc1OCCC1c2cccc(OC)c2-c2c(OC)cccc21)C(=O)O. The predicted octanol–water partition coefficient (Wildman–Crippen LogP) is 5.32. The number of carbonyl (C=O) groups is 1. The molecule has 3 aromatic carbocycles. The maximum absolute atomic E-state index is 11.5. The number of carboxylic acid groups (broad SMARTS) is 1. The molecule has 0 aliphatic heterocycles. The van der Waals surface area contributed by atoms with Crippen molar-refractivity contribution in [1.82, 2.24) is 0 Å². The number of fused-ring (bicyclic) bond motifs is 3. The van der Waals surface area contributed by atoms with E-state index in [-0.39, 0.29) is 12.3 Å². The van der Waals surface area contributed by atoms with Gasteiger partial charge in [0.15, 0.2) is 6.10 Å². The average molecular weight is 463 g/mol. The first-order chi connectivity index (χ1) is 16.6. The van der Waals surface area contributed by atoms with E-state index in [1.165, 1.54) is 11.1 Å². The molecule has 178 valence electrons. The summed E-state index contributed by atoms with van der Waals surface area (Å²) in [4.78, 5) is 11.5. The van der Waals surface area contributed by atoms with Crippen molar-refractivity contribution in [3.8, 4) is 28.4 Å². The predicted molar refractivity (Wildman–Crippen MR) is 130 cm³/mol. The molecule has 0 amide bonds. The van der Waals surface area contributed by atoms with Crippen molar-refractivity contribution < 1.29 is 28.8 Å². The van der Waals surface area contributed by atoms with Gasteiger partial charge in [-0.25, -0.2) is 4.79 Å². The monoisotopic (exact) mass is 462 g/mol. The second-order valence-electron chi connectivity index (χ2n) is 8.13. The summed E-state index contributed by atoms with van der Waals surface area (Å²) in [6.07, 6.45) is 0.106. The van der Waals surface area contributed by atoms with Crippen molar-refractivity contribution in [3.05, 3.63) is 77.4 Å². The molecule has 1 N–H and O–H groups in total. The number of carboxylic acids is 1. The van der Waals surface area contributed by atoms with Crippen LogP contribution in [-0.2, 0) is 16.0 Å². The molecule has 1 aliphatic carbocycles. The van der Waals surface area contributed by atoms with Crippen LogP contribution in [0.5, 0.6) is 17.2 Å². The number of benzene rings is 3. The Labute approximate surface area is 200 Å². The third-order valence-corrected chi connectivity index (χ3v) is 6.24. The number of para-hydroxylation sites is 1. The quantitative estimate of drug-likeness (QED) is 0.416. The van der Waals surface area contributed by atoms with Crippen LogP contribution in [0.1, 0.15) is 36.0 Å². The number of aliphatic carboxylic acids is 1.